The second-order valence-electron chi connectivity index (χ2n) is 4.44. The lowest BCUT2D eigenvalue weighted by atomic mass is 10.1. The third-order valence-corrected chi connectivity index (χ3v) is 2.38. The summed E-state index contributed by atoms with van der Waals surface area (Å²) < 4.78 is 5.48. The van der Waals surface area contributed by atoms with Crippen molar-refractivity contribution in [1.29, 1.82) is 0 Å². The van der Waals surface area contributed by atoms with Crippen molar-refractivity contribution >= 4 is 5.97 Å². The number of carbonyl (C=O) groups is 1. The molecule has 94 valence electrons. The van der Waals surface area contributed by atoms with E-state index in [2.05, 4.69) is 18.8 Å². The van der Waals surface area contributed by atoms with Gasteiger partial charge in [-0.2, -0.15) is 0 Å². The molecular formula is C13H19NO3. The molecule has 1 N–H and O–H groups in total. The summed E-state index contributed by atoms with van der Waals surface area (Å²) in [5, 5.41) is 8.78. The first-order valence-electron chi connectivity index (χ1n) is 5.85. The summed E-state index contributed by atoms with van der Waals surface area (Å²) in [4.78, 5) is 14.5. The molecule has 0 aliphatic carbocycles. The average molecular weight is 237 g/mol. The number of aromatic carboxylic acids is 1. The largest absolute Gasteiger partial charge is 0.477 e. The maximum atomic E-state index is 10.7. The Bertz CT molecular complexity index is 363. The zero-order valence-corrected chi connectivity index (χ0v) is 10.3. The highest BCUT2D eigenvalue weighted by Gasteiger charge is 2.04. The molecule has 1 aromatic rings. The molecule has 0 aliphatic rings. The Morgan fingerprint density at radius 3 is 2.94 bits per heavy atom. The Morgan fingerprint density at radius 2 is 2.29 bits per heavy atom. The van der Waals surface area contributed by atoms with Crippen LogP contribution in [-0.4, -0.2) is 22.7 Å². The first-order valence-corrected chi connectivity index (χ1v) is 5.85. The smallest absolute Gasteiger partial charge is 0.354 e. The van der Waals surface area contributed by atoms with Gasteiger partial charge in [0, 0.05) is 12.8 Å². The van der Waals surface area contributed by atoms with E-state index in [0.717, 1.165) is 18.4 Å². The SMILES string of the molecule is CC(C)CCCOCc1ccnc(C(=O)O)c1. The summed E-state index contributed by atoms with van der Waals surface area (Å²) in [7, 11) is 0. The zero-order chi connectivity index (χ0) is 12.7. The quantitative estimate of drug-likeness (QED) is 0.741. The molecule has 0 bridgehead atoms. The summed E-state index contributed by atoms with van der Waals surface area (Å²) in [6, 6.07) is 3.32. The molecule has 0 saturated carbocycles. The number of ether oxygens (including phenoxy) is 1. The van der Waals surface area contributed by atoms with E-state index >= 15 is 0 Å². The van der Waals surface area contributed by atoms with Gasteiger partial charge in [-0.05, 0) is 36.5 Å². The van der Waals surface area contributed by atoms with Crippen LogP contribution in [0.5, 0.6) is 0 Å². The highest BCUT2D eigenvalue weighted by atomic mass is 16.5. The first kappa shape index (κ1) is 13.6. The van der Waals surface area contributed by atoms with Gasteiger partial charge in [-0.3, -0.25) is 0 Å². The molecular weight excluding hydrogens is 218 g/mol. The number of nitrogens with zero attached hydrogens (tertiary/aromatic N) is 1. The molecule has 0 saturated heterocycles. The van der Waals surface area contributed by atoms with E-state index < -0.39 is 5.97 Å². The molecule has 0 fully saturated rings. The Labute approximate surface area is 102 Å². The van der Waals surface area contributed by atoms with Crippen molar-refractivity contribution in [1.82, 2.24) is 4.98 Å². The molecule has 1 heterocycles. The third-order valence-electron chi connectivity index (χ3n) is 2.38. The number of rotatable bonds is 7. The van der Waals surface area contributed by atoms with Crippen molar-refractivity contribution < 1.29 is 14.6 Å². The average Bonchev–Trinajstić information content (AvgIpc) is 2.28. The zero-order valence-electron chi connectivity index (χ0n) is 10.3. The van der Waals surface area contributed by atoms with Gasteiger partial charge in [0.1, 0.15) is 5.69 Å². The van der Waals surface area contributed by atoms with Crippen LogP contribution >= 0.6 is 0 Å². The summed E-state index contributed by atoms with van der Waals surface area (Å²) in [6.45, 7) is 5.52. The van der Waals surface area contributed by atoms with Gasteiger partial charge in [0.2, 0.25) is 0 Å². The van der Waals surface area contributed by atoms with Crippen LogP contribution in [0.25, 0.3) is 0 Å². The molecule has 0 spiro atoms. The van der Waals surface area contributed by atoms with Crippen LogP contribution in [0.2, 0.25) is 0 Å². The van der Waals surface area contributed by atoms with Crippen LogP contribution in [-0.2, 0) is 11.3 Å². The molecule has 0 atom stereocenters. The standard InChI is InChI=1S/C13H19NO3/c1-10(2)4-3-7-17-9-11-5-6-14-12(8-11)13(15)16/h5-6,8,10H,3-4,7,9H2,1-2H3,(H,15,16). The van der Waals surface area contributed by atoms with Crippen molar-refractivity contribution in [3.05, 3.63) is 29.6 Å². The number of hydrogen-bond acceptors (Lipinski definition) is 3. The molecule has 0 amide bonds. The van der Waals surface area contributed by atoms with E-state index in [1.54, 1.807) is 12.1 Å². The highest BCUT2D eigenvalue weighted by molar-refractivity contribution is 5.85. The lowest BCUT2D eigenvalue weighted by Gasteiger charge is -2.06. The molecule has 0 unspecified atom stereocenters. The number of carboxylic acid groups (broad SMARTS) is 1. The second kappa shape index (κ2) is 7.01. The van der Waals surface area contributed by atoms with Crippen LogP contribution in [0.3, 0.4) is 0 Å². The Balaban J connectivity index is 2.31. The van der Waals surface area contributed by atoms with E-state index in [1.165, 1.54) is 6.20 Å². The third kappa shape index (κ3) is 5.45. The molecule has 1 rings (SSSR count). The minimum absolute atomic E-state index is 0.0632. The van der Waals surface area contributed by atoms with E-state index in [4.69, 9.17) is 9.84 Å². The maximum absolute atomic E-state index is 10.7. The summed E-state index contributed by atoms with van der Waals surface area (Å²) in [6.07, 6.45) is 3.68. The lowest BCUT2D eigenvalue weighted by Crippen LogP contribution is -2.02. The van der Waals surface area contributed by atoms with Crippen LogP contribution in [0.4, 0.5) is 0 Å². The molecule has 0 radical (unpaired) electrons. The minimum atomic E-state index is -1.01. The van der Waals surface area contributed by atoms with Crippen LogP contribution < -0.4 is 0 Å². The Morgan fingerprint density at radius 1 is 1.53 bits per heavy atom. The van der Waals surface area contributed by atoms with Crippen molar-refractivity contribution in [3.8, 4) is 0 Å². The minimum Gasteiger partial charge on any atom is -0.477 e. The number of aromatic nitrogens is 1. The summed E-state index contributed by atoms with van der Waals surface area (Å²) in [5.74, 6) is -0.315. The fraction of sp³-hybridized carbons (Fsp3) is 0.538. The van der Waals surface area contributed by atoms with E-state index in [9.17, 15) is 4.79 Å². The summed E-state index contributed by atoms with van der Waals surface area (Å²) in [5.41, 5.74) is 0.912. The molecule has 17 heavy (non-hydrogen) atoms. The number of carboxylic acids is 1. The van der Waals surface area contributed by atoms with Crippen LogP contribution in [0.1, 0.15) is 42.7 Å². The molecule has 0 aliphatic heterocycles. The predicted molar refractivity (Wildman–Crippen MR) is 64.9 cm³/mol. The molecule has 4 nitrogen and oxygen atoms in total. The predicted octanol–water partition coefficient (Wildman–Crippen LogP) is 2.73. The van der Waals surface area contributed by atoms with Crippen LogP contribution in [0, 0.1) is 5.92 Å². The number of pyridine rings is 1. The van der Waals surface area contributed by atoms with Crippen molar-refractivity contribution in [2.75, 3.05) is 6.61 Å². The van der Waals surface area contributed by atoms with Gasteiger partial charge < -0.3 is 9.84 Å². The second-order valence-corrected chi connectivity index (χ2v) is 4.44. The summed E-state index contributed by atoms with van der Waals surface area (Å²) >= 11 is 0. The Kier molecular flexibility index (Phi) is 5.63. The van der Waals surface area contributed by atoms with Crippen LogP contribution in [0.15, 0.2) is 18.3 Å². The van der Waals surface area contributed by atoms with Gasteiger partial charge >= 0.3 is 5.97 Å². The Hall–Kier alpha value is -1.42. The van der Waals surface area contributed by atoms with Gasteiger partial charge in [-0.25, -0.2) is 9.78 Å². The molecule has 0 aromatic carbocycles. The fourth-order valence-corrected chi connectivity index (χ4v) is 1.46. The maximum Gasteiger partial charge on any atom is 0.354 e. The first-order chi connectivity index (χ1) is 8.09. The number of hydrogen-bond donors (Lipinski definition) is 1. The van der Waals surface area contributed by atoms with E-state index in [-0.39, 0.29) is 5.69 Å². The van der Waals surface area contributed by atoms with E-state index in [0.29, 0.717) is 19.1 Å². The normalized spacial score (nSPS) is 10.8. The van der Waals surface area contributed by atoms with Gasteiger partial charge in [-0.15, -0.1) is 0 Å². The van der Waals surface area contributed by atoms with Gasteiger partial charge in [0.15, 0.2) is 0 Å². The van der Waals surface area contributed by atoms with Crippen molar-refractivity contribution in [2.24, 2.45) is 5.92 Å². The fourth-order valence-electron chi connectivity index (χ4n) is 1.46. The molecule has 4 heteroatoms. The highest BCUT2D eigenvalue weighted by Crippen LogP contribution is 2.06. The van der Waals surface area contributed by atoms with Crippen molar-refractivity contribution in [2.45, 2.75) is 33.3 Å². The van der Waals surface area contributed by atoms with Gasteiger partial charge in [-0.1, -0.05) is 13.8 Å². The van der Waals surface area contributed by atoms with Gasteiger partial charge in [0.05, 0.1) is 6.61 Å². The van der Waals surface area contributed by atoms with Crippen molar-refractivity contribution in [3.63, 3.8) is 0 Å². The van der Waals surface area contributed by atoms with E-state index in [1.807, 2.05) is 0 Å². The van der Waals surface area contributed by atoms with Gasteiger partial charge in [0.25, 0.3) is 0 Å². The monoisotopic (exact) mass is 237 g/mol. The lowest BCUT2D eigenvalue weighted by molar-refractivity contribution is 0.0689. The molecule has 1 aromatic heterocycles. The topological polar surface area (TPSA) is 59.4 Å².